The van der Waals surface area contributed by atoms with E-state index >= 15 is 4.39 Å². The van der Waals surface area contributed by atoms with Gasteiger partial charge in [0, 0.05) is 56.8 Å². The first kappa shape index (κ1) is 38.0. The third-order valence-corrected chi connectivity index (χ3v) is 12.9. The maximum Gasteiger partial charge on any atom is 0.246 e. The summed E-state index contributed by atoms with van der Waals surface area (Å²) in [4.78, 5) is 22.8. The van der Waals surface area contributed by atoms with Gasteiger partial charge in [-0.25, -0.2) is 17.9 Å². The first-order valence-electron chi connectivity index (χ1n) is 18.3. The van der Waals surface area contributed by atoms with Crippen LogP contribution in [0.15, 0.2) is 48.3 Å². The molecule has 0 bridgehead atoms. The number of anilines is 1. The highest BCUT2D eigenvalue weighted by atomic mass is 35.5. The van der Waals surface area contributed by atoms with Crippen LogP contribution >= 0.6 is 11.6 Å². The Morgan fingerprint density at radius 1 is 1.18 bits per heavy atom. The summed E-state index contributed by atoms with van der Waals surface area (Å²) in [5.41, 5.74) is 4.18. The number of carbonyl (C=O) groups is 1. The summed E-state index contributed by atoms with van der Waals surface area (Å²) in [6.07, 6.45) is 5.82. The van der Waals surface area contributed by atoms with Gasteiger partial charge in [0.05, 0.1) is 36.9 Å². The highest BCUT2D eigenvalue weighted by Crippen LogP contribution is 2.46. The lowest BCUT2D eigenvalue weighted by atomic mass is 9.70. The Kier molecular flexibility index (Phi) is 12.0. The van der Waals surface area contributed by atoms with E-state index in [-0.39, 0.29) is 30.3 Å². The minimum atomic E-state index is -3.76. The lowest BCUT2D eigenvalue weighted by molar-refractivity contribution is -0.135. The molecule has 0 aromatic heterocycles. The Labute approximate surface area is 307 Å². The van der Waals surface area contributed by atoms with E-state index in [9.17, 15) is 13.2 Å². The molecule has 4 aliphatic rings. The minimum Gasteiger partial charge on any atom is -0.490 e. The van der Waals surface area contributed by atoms with E-state index in [0.29, 0.717) is 46.0 Å². The van der Waals surface area contributed by atoms with Crippen molar-refractivity contribution in [2.75, 3.05) is 71.0 Å². The van der Waals surface area contributed by atoms with Crippen molar-refractivity contribution in [3.05, 3.63) is 70.0 Å². The van der Waals surface area contributed by atoms with E-state index < -0.39 is 27.1 Å². The Balaban J connectivity index is 1.35. The van der Waals surface area contributed by atoms with Crippen LogP contribution in [0.4, 0.5) is 10.1 Å². The SMILES string of the molecule is Cc1ccc2c(c1)N([C@@H]1CCCN1C(C(=O)N(C)CCN1CCOCC1)/C(F)=C/CCC(C)S(N)(=O)=O)CC1(CCCc3cc(Cl)ccc31)CO2. The van der Waals surface area contributed by atoms with Gasteiger partial charge in [-0.05, 0) is 99.7 Å². The number of carbonyl (C=O) groups excluding carboxylic acids is 1. The zero-order chi connectivity index (χ0) is 36.3. The van der Waals surface area contributed by atoms with Crippen molar-refractivity contribution in [1.29, 1.82) is 0 Å². The molecular weight excluding hydrogens is 693 g/mol. The largest absolute Gasteiger partial charge is 0.490 e. The maximum atomic E-state index is 16.7. The molecule has 2 saturated heterocycles. The summed E-state index contributed by atoms with van der Waals surface area (Å²) in [7, 11) is -2.01. The third kappa shape index (κ3) is 8.57. The average Bonchev–Trinajstić information content (AvgIpc) is 3.52. The fourth-order valence-corrected chi connectivity index (χ4v) is 8.92. The summed E-state index contributed by atoms with van der Waals surface area (Å²) in [5.74, 6) is -0.0927. The van der Waals surface area contributed by atoms with Crippen LogP contribution in [0.5, 0.6) is 5.75 Å². The van der Waals surface area contributed by atoms with Crippen LogP contribution < -0.4 is 14.8 Å². The van der Waals surface area contributed by atoms with Crippen molar-refractivity contribution in [3.8, 4) is 5.75 Å². The molecule has 1 aliphatic carbocycles. The molecule has 0 radical (unpaired) electrons. The van der Waals surface area contributed by atoms with Crippen LogP contribution in [-0.2, 0) is 31.4 Å². The number of aryl methyl sites for hydroxylation is 2. The molecule has 6 rings (SSSR count). The molecule has 2 fully saturated rings. The summed E-state index contributed by atoms with van der Waals surface area (Å²) in [5, 5.41) is 5.25. The second kappa shape index (κ2) is 16.1. The fraction of sp³-hybridized carbons (Fsp3) is 0.605. The number of hydrogen-bond donors (Lipinski definition) is 1. The summed E-state index contributed by atoms with van der Waals surface area (Å²) in [6, 6.07) is 11.2. The lowest BCUT2D eigenvalue weighted by Crippen LogP contribution is -2.58. The monoisotopic (exact) mass is 745 g/mol. The number of ether oxygens (including phenoxy) is 2. The van der Waals surface area contributed by atoms with Crippen LogP contribution in [0.1, 0.15) is 62.1 Å². The summed E-state index contributed by atoms with van der Waals surface area (Å²) in [6.45, 7) is 9.28. The Morgan fingerprint density at radius 2 is 1.96 bits per heavy atom. The number of likely N-dealkylation sites (tertiary alicyclic amines) is 1. The van der Waals surface area contributed by atoms with Gasteiger partial charge in [-0.2, -0.15) is 0 Å². The predicted octanol–water partition coefficient (Wildman–Crippen LogP) is 5.01. The van der Waals surface area contributed by atoms with Crippen LogP contribution in [0.25, 0.3) is 0 Å². The Morgan fingerprint density at radius 3 is 2.73 bits per heavy atom. The van der Waals surface area contributed by atoms with E-state index in [0.717, 1.165) is 67.2 Å². The molecule has 10 nitrogen and oxygen atoms in total. The molecule has 3 unspecified atom stereocenters. The molecule has 4 atom stereocenters. The van der Waals surface area contributed by atoms with Crippen molar-refractivity contribution in [1.82, 2.24) is 14.7 Å². The maximum absolute atomic E-state index is 16.7. The van der Waals surface area contributed by atoms with Gasteiger partial charge in [-0.15, -0.1) is 0 Å². The molecule has 1 amide bonds. The number of halogens is 2. The average molecular weight is 746 g/mol. The van der Waals surface area contributed by atoms with Crippen LogP contribution in [0.2, 0.25) is 5.02 Å². The second-order valence-electron chi connectivity index (χ2n) is 14.9. The van der Waals surface area contributed by atoms with E-state index in [1.807, 2.05) is 17.0 Å². The lowest BCUT2D eigenvalue weighted by Gasteiger charge is -2.45. The van der Waals surface area contributed by atoms with Crippen LogP contribution in [-0.4, -0.2) is 113 Å². The molecule has 3 heterocycles. The minimum absolute atomic E-state index is 0.144. The number of amides is 1. The molecule has 2 aromatic rings. The van der Waals surface area contributed by atoms with Gasteiger partial charge in [0.15, 0.2) is 0 Å². The van der Waals surface area contributed by atoms with Crippen molar-refractivity contribution >= 4 is 33.2 Å². The Bertz CT molecular complexity index is 1710. The highest BCUT2D eigenvalue weighted by molar-refractivity contribution is 7.89. The van der Waals surface area contributed by atoms with Gasteiger partial charge < -0.3 is 19.3 Å². The highest BCUT2D eigenvalue weighted by Gasteiger charge is 2.47. The number of nitrogens with zero attached hydrogens (tertiary/aromatic N) is 4. The van der Waals surface area contributed by atoms with E-state index in [1.165, 1.54) is 24.1 Å². The van der Waals surface area contributed by atoms with E-state index in [2.05, 4.69) is 41.0 Å². The first-order valence-corrected chi connectivity index (χ1v) is 20.3. The molecule has 0 saturated carbocycles. The molecule has 13 heteroatoms. The Hall–Kier alpha value is -2.74. The second-order valence-corrected chi connectivity index (χ2v) is 17.3. The van der Waals surface area contributed by atoms with Gasteiger partial charge in [0.1, 0.15) is 17.6 Å². The van der Waals surface area contributed by atoms with Gasteiger partial charge in [-0.1, -0.05) is 29.8 Å². The molecular formula is C38H53ClFN5O5S. The van der Waals surface area contributed by atoms with Gasteiger partial charge in [-0.3, -0.25) is 14.6 Å². The number of nitrogens with two attached hydrogens (primary N) is 1. The van der Waals surface area contributed by atoms with Crippen molar-refractivity contribution in [2.45, 2.75) is 81.7 Å². The van der Waals surface area contributed by atoms with Gasteiger partial charge in [0.25, 0.3) is 0 Å². The number of fused-ring (bicyclic) bond motifs is 3. The van der Waals surface area contributed by atoms with Crippen LogP contribution in [0, 0.1) is 6.92 Å². The topological polar surface area (TPSA) is 109 Å². The first-order chi connectivity index (χ1) is 24.4. The number of primary sulfonamides is 1. The zero-order valence-electron chi connectivity index (χ0n) is 30.2. The number of hydrogen-bond acceptors (Lipinski definition) is 8. The molecule has 51 heavy (non-hydrogen) atoms. The predicted molar refractivity (Wildman–Crippen MR) is 199 cm³/mol. The van der Waals surface area contributed by atoms with Crippen molar-refractivity contribution in [3.63, 3.8) is 0 Å². The molecule has 280 valence electrons. The third-order valence-electron chi connectivity index (χ3n) is 11.3. The van der Waals surface area contributed by atoms with Crippen molar-refractivity contribution in [2.24, 2.45) is 5.14 Å². The summed E-state index contributed by atoms with van der Waals surface area (Å²) >= 11 is 6.47. The number of rotatable bonds is 11. The van der Waals surface area contributed by atoms with Crippen molar-refractivity contribution < 1.29 is 27.1 Å². The number of sulfonamides is 1. The zero-order valence-corrected chi connectivity index (χ0v) is 31.7. The van der Waals surface area contributed by atoms with E-state index in [4.69, 9.17) is 26.2 Å². The molecule has 2 aromatic carbocycles. The fourth-order valence-electron chi connectivity index (χ4n) is 8.26. The standard InChI is InChI=1S/C38H53ClFN5O5S/c1-27-11-14-34-33(23-27)45(25-38(26-50-34)15-5-8-29-24-30(39)12-13-31(29)38)35-10-6-16-44(35)36(32(40)9-4-7-28(2)51(41,47)48)37(46)42(3)17-18-43-19-21-49-22-20-43/h9,11-14,23-24,28,35-36H,4-8,10,15-22,25-26H2,1-3H3,(H2,41,47,48)/b32-9-/t28?,35-,36?,38?/m1/s1. The molecule has 2 N–H and O–H groups in total. The van der Waals surface area contributed by atoms with Gasteiger partial charge >= 0.3 is 0 Å². The quantitative estimate of drug-likeness (QED) is 0.342. The number of likely N-dealkylation sites (N-methyl/N-ethyl adjacent to an activating group) is 1. The number of allylic oxidation sites excluding steroid dienone is 1. The number of morpholine rings is 1. The summed E-state index contributed by atoms with van der Waals surface area (Å²) < 4.78 is 52.7. The van der Waals surface area contributed by atoms with E-state index in [1.54, 1.807) is 11.9 Å². The number of benzene rings is 2. The van der Waals surface area contributed by atoms with Gasteiger partial charge in [0.2, 0.25) is 15.9 Å². The molecule has 1 spiro atoms. The smallest absolute Gasteiger partial charge is 0.246 e. The molecule has 3 aliphatic heterocycles. The normalized spacial score (nSPS) is 24.4. The van der Waals surface area contributed by atoms with Crippen LogP contribution in [0.3, 0.4) is 0 Å².